The number of imidazole rings is 1. The minimum absolute atomic E-state index is 0.720. The zero-order valence-corrected chi connectivity index (χ0v) is 14.6. The van der Waals surface area contributed by atoms with Crippen molar-refractivity contribution in [1.82, 2.24) is 19.9 Å². The van der Waals surface area contributed by atoms with Gasteiger partial charge >= 0.3 is 0 Å². The molecular formula is C19H21N5O2. The smallest absolute Gasteiger partial charge is 0.145 e. The molecule has 0 atom stereocenters. The van der Waals surface area contributed by atoms with Gasteiger partial charge in [-0.2, -0.15) is 5.10 Å². The second-order valence-corrected chi connectivity index (χ2v) is 5.96. The number of pyridine rings is 1. The van der Waals surface area contributed by atoms with E-state index in [0.717, 1.165) is 54.7 Å². The van der Waals surface area contributed by atoms with Crippen LogP contribution in [-0.2, 0) is 4.74 Å². The molecule has 0 spiro atoms. The number of aromatic nitrogens is 2. The van der Waals surface area contributed by atoms with Crippen LogP contribution < -0.4 is 10.3 Å². The van der Waals surface area contributed by atoms with Gasteiger partial charge in [0.2, 0.25) is 0 Å². The summed E-state index contributed by atoms with van der Waals surface area (Å²) in [6, 6.07) is 13.9. The van der Waals surface area contributed by atoms with Crippen LogP contribution in [0.3, 0.4) is 0 Å². The van der Waals surface area contributed by atoms with Gasteiger partial charge in [0.25, 0.3) is 0 Å². The molecule has 0 radical (unpaired) electrons. The Kier molecular flexibility index (Phi) is 4.81. The number of nitrogens with zero attached hydrogens (tertiary/aromatic N) is 4. The predicted molar refractivity (Wildman–Crippen MR) is 100 cm³/mol. The quantitative estimate of drug-likeness (QED) is 0.564. The molecule has 0 bridgehead atoms. The Hall–Kier alpha value is -2.90. The minimum atomic E-state index is 0.720. The first kappa shape index (κ1) is 16.6. The maximum absolute atomic E-state index is 5.33. The molecule has 0 amide bonds. The van der Waals surface area contributed by atoms with Gasteiger partial charge in [0.05, 0.1) is 32.1 Å². The Morgan fingerprint density at radius 2 is 1.96 bits per heavy atom. The molecule has 1 aliphatic rings. The molecule has 1 saturated heterocycles. The van der Waals surface area contributed by atoms with Gasteiger partial charge in [-0.1, -0.05) is 6.07 Å². The van der Waals surface area contributed by atoms with Crippen molar-refractivity contribution in [3.05, 3.63) is 54.4 Å². The molecule has 3 heterocycles. The summed E-state index contributed by atoms with van der Waals surface area (Å²) in [6.45, 7) is 3.08. The Bertz CT molecular complexity index is 898. The van der Waals surface area contributed by atoms with Crippen LogP contribution >= 0.6 is 0 Å². The fourth-order valence-corrected chi connectivity index (χ4v) is 2.94. The number of methoxy groups -OCH3 is 1. The average molecular weight is 351 g/mol. The van der Waals surface area contributed by atoms with E-state index in [0.29, 0.717) is 0 Å². The monoisotopic (exact) mass is 351 g/mol. The summed E-state index contributed by atoms with van der Waals surface area (Å²) in [5.41, 5.74) is 5.90. The summed E-state index contributed by atoms with van der Waals surface area (Å²) in [5.74, 6) is 1.70. The molecule has 4 rings (SSSR count). The summed E-state index contributed by atoms with van der Waals surface area (Å²) in [5, 5.41) is 6.38. The van der Waals surface area contributed by atoms with Crippen molar-refractivity contribution >= 4 is 11.7 Å². The first-order chi connectivity index (χ1) is 12.8. The lowest BCUT2D eigenvalue weighted by atomic mass is 10.2. The third kappa shape index (κ3) is 3.40. The van der Waals surface area contributed by atoms with Crippen LogP contribution in [0.15, 0.2) is 53.8 Å². The zero-order valence-electron chi connectivity index (χ0n) is 14.6. The standard InChI is InChI=1S/C19H21N5O2/c1-25-16-7-5-15(6-8-16)19-21-17(18-4-2-3-9-24(18)19)14-20-22-23-10-12-26-13-11-23/h2-9,14,22H,10-13H2,1H3/b20-14+. The summed E-state index contributed by atoms with van der Waals surface area (Å²) in [6.07, 6.45) is 3.77. The first-order valence-corrected chi connectivity index (χ1v) is 8.58. The Morgan fingerprint density at radius 3 is 2.73 bits per heavy atom. The van der Waals surface area contributed by atoms with E-state index < -0.39 is 0 Å². The molecule has 2 aromatic heterocycles. The third-order valence-corrected chi connectivity index (χ3v) is 4.32. The van der Waals surface area contributed by atoms with E-state index >= 15 is 0 Å². The van der Waals surface area contributed by atoms with Crippen LogP contribution in [0.1, 0.15) is 5.69 Å². The lowest BCUT2D eigenvalue weighted by molar-refractivity contribution is 0.0128. The van der Waals surface area contributed by atoms with Gasteiger partial charge in [-0.15, -0.1) is 0 Å². The van der Waals surface area contributed by atoms with Crippen LogP contribution in [0.4, 0.5) is 0 Å². The van der Waals surface area contributed by atoms with E-state index in [1.165, 1.54) is 0 Å². The summed E-state index contributed by atoms with van der Waals surface area (Å²) in [7, 11) is 1.66. The van der Waals surface area contributed by atoms with Crippen molar-refractivity contribution in [3.8, 4) is 17.1 Å². The highest BCUT2D eigenvalue weighted by atomic mass is 16.5. The van der Waals surface area contributed by atoms with E-state index in [9.17, 15) is 0 Å². The first-order valence-electron chi connectivity index (χ1n) is 8.58. The van der Waals surface area contributed by atoms with Gasteiger partial charge in [-0.05, 0) is 36.4 Å². The van der Waals surface area contributed by atoms with E-state index in [4.69, 9.17) is 14.5 Å². The van der Waals surface area contributed by atoms with Crippen molar-refractivity contribution in [2.24, 2.45) is 5.10 Å². The minimum Gasteiger partial charge on any atom is -0.497 e. The lowest BCUT2D eigenvalue weighted by Gasteiger charge is -2.25. The Morgan fingerprint density at radius 1 is 1.15 bits per heavy atom. The number of rotatable bonds is 5. The van der Waals surface area contributed by atoms with E-state index in [1.54, 1.807) is 13.3 Å². The molecule has 1 aliphatic heterocycles. The predicted octanol–water partition coefficient (Wildman–Crippen LogP) is 2.18. The lowest BCUT2D eigenvalue weighted by Crippen LogP contribution is -2.43. The van der Waals surface area contributed by atoms with Crippen molar-refractivity contribution in [2.45, 2.75) is 0 Å². The molecule has 26 heavy (non-hydrogen) atoms. The Balaban J connectivity index is 1.62. The molecule has 0 aliphatic carbocycles. The molecule has 0 saturated carbocycles. The van der Waals surface area contributed by atoms with Gasteiger partial charge in [0.15, 0.2) is 0 Å². The van der Waals surface area contributed by atoms with E-state index in [2.05, 4.69) is 15.0 Å². The zero-order chi connectivity index (χ0) is 17.8. The maximum Gasteiger partial charge on any atom is 0.145 e. The average Bonchev–Trinajstić information content (AvgIpc) is 3.08. The van der Waals surface area contributed by atoms with E-state index in [-0.39, 0.29) is 0 Å². The van der Waals surface area contributed by atoms with Crippen molar-refractivity contribution in [1.29, 1.82) is 0 Å². The summed E-state index contributed by atoms with van der Waals surface area (Å²) < 4.78 is 12.6. The van der Waals surface area contributed by atoms with Crippen LogP contribution in [0.2, 0.25) is 0 Å². The number of ether oxygens (including phenoxy) is 2. The number of hydrogen-bond acceptors (Lipinski definition) is 6. The van der Waals surface area contributed by atoms with Crippen molar-refractivity contribution in [3.63, 3.8) is 0 Å². The highest BCUT2D eigenvalue weighted by Crippen LogP contribution is 2.24. The van der Waals surface area contributed by atoms with Crippen LogP contribution in [0.25, 0.3) is 16.9 Å². The molecule has 1 aromatic carbocycles. The van der Waals surface area contributed by atoms with Gasteiger partial charge < -0.3 is 9.47 Å². The number of benzene rings is 1. The largest absolute Gasteiger partial charge is 0.497 e. The fourth-order valence-electron chi connectivity index (χ4n) is 2.94. The molecule has 134 valence electrons. The van der Waals surface area contributed by atoms with Gasteiger partial charge in [-0.3, -0.25) is 4.40 Å². The molecule has 1 fully saturated rings. The number of hydrazone groups is 1. The highest BCUT2D eigenvalue weighted by Gasteiger charge is 2.12. The van der Waals surface area contributed by atoms with Gasteiger partial charge in [-0.25, -0.2) is 15.5 Å². The molecular weight excluding hydrogens is 330 g/mol. The van der Waals surface area contributed by atoms with Crippen molar-refractivity contribution < 1.29 is 9.47 Å². The summed E-state index contributed by atoms with van der Waals surface area (Å²) in [4.78, 5) is 4.79. The number of hydrazine groups is 1. The second-order valence-electron chi connectivity index (χ2n) is 5.96. The van der Waals surface area contributed by atoms with Crippen molar-refractivity contribution in [2.75, 3.05) is 33.4 Å². The van der Waals surface area contributed by atoms with Crippen LogP contribution in [0.5, 0.6) is 5.75 Å². The van der Waals surface area contributed by atoms with Crippen LogP contribution in [-0.4, -0.2) is 54.0 Å². The third-order valence-electron chi connectivity index (χ3n) is 4.32. The SMILES string of the molecule is COc1ccc(-c2nc(/C=N/NN3CCOCC3)c3ccccn23)cc1. The number of hydrogen-bond donors (Lipinski definition) is 1. The van der Waals surface area contributed by atoms with Gasteiger partial charge in [0.1, 0.15) is 17.3 Å². The fraction of sp³-hybridized carbons (Fsp3) is 0.263. The number of morpholine rings is 1. The van der Waals surface area contributed by atoms with Gasteiger partial charge in [0, 0.05) is 24.8 Å². The topological polar surface area (TPSA) is 63.4 Å². The summed E-state index contributed by atoms with van der Waals surface area (Å²) >= 11 is 0. The normalized spacial score (nSPS) is 15.6. The number of fused-ring (bicyclic) bond motifs is 1. The second kappa shape index (κ2) is 7.55. The maximum atomic E-state index is 5.33. The molecule has 0 unspecified atom stereocenters. The highest BCUT2D eigenvalue weighted by molar-refractivity contribution is 5.88. The van der Waals surface area contributed by atoms with E-state index in [1.807, 2.05) is 53.7 Å². The number of nitrogens with one attached hydrogen (secondary N) is 1. The molecule has 3 aromatic rings. The van der Waals surface area contributed by atoms with Crippen LogP contribution in [0, 0.1) is 0 Å². The molecule has 1 N–H and O–H groups in total. The molecule has 7 nitrogen and oxygen atoms in total. The Labute approximate surface area is 151 Å². The molecule has 7 heteroatoms.